The maximum absolute atomic E-state index is 11.7. The van der Waals surface area contributed by atoms with Gasteiger partial charge in [0.2, 0.25) is 0 Å². The Morgan fingerprint density at radius 3 is 2.75 bits per heavy atom. The lowest BCUT2D eigenvalue weighted by Crippen LogP contribution is -2.33. The van der Waals surface area contributed by atoms with E-state index in [9.17, 15) is 14.9 Å². The monoisotopic (exact) mass is 303 g/mol. The van der Waals surface area contributed by atoms with E-state index in [2.05, 4.69) is 10.6 Å². The summed E-state index contributed by atoms with van der Waals surface area (Å²) < 4.78 is 4.86. The van der Waals surface area contributed by atoms with Crippen LogP contribution in [0.1, 0.15) is 10.4 Å². The van der Waals surface area contributed by atoms with E-state index in [0.29, 0.717) is 26.2 Å². The van der Waals surface area contributed by atoms with Crippen molar-refractivity contribution in [1.82, 2.24) is 10.6 Å². The average Bonchev–Trinajstić information content (AvgIpc) is 2.42. The SMILES string of the molecule is COCCNCCNC(=O)c1cccc([N+](=O)[O-])c1.Cl. The molecule has 1 rings (SSSR count). The lowest BCUT2D eigenvalue weighted by atomic mass is 10.2. The highest BCUT2D eigenvalue weighted by Crippen LogP contribution is 2.12. The fourth-order valence-electron chi connectivity index (χ4n) is 1.43. The molecular formula is C12H18ClN3O4. The number of nitrogens with one attached hydrogen (secondary N) is 2. The molecule has 0 aliphatic carbocycles. The Hall–Kier alpha value is -1.70. The Morgan fingerprint density at radius 1 is 1.35 bits per heavy atom. The van der Waals surface area contributed by atoms with Crippen molar-refractivity contribution in [2.24, 2.45) is 0 Å². The van der Waals surface area contributed by atoms with Crippen LogP contribution >= 0.6 is 12.4 Å². The molecule has 0 radical (unpaired) electrons. The van der Waals surface area contributed by atoms with E-state index < -0.39 is 4.92 Å². The van der Waals surface area contributed by atoms with E-state index in [-0.39, 0.29) is 29.6 Å². The molecule has 0 atom stereocenters. The number of methoxy groups -OCH3 is 1. The fraction of sp³-hybridized carbons (Fsp3) is 0.417. The van der Waals surface area contributed by atoms with Crippen LogP contribution in [0.4, 0.5) is 5.69 Å². The number of nitro groups is 1. The molecule has 0 aliphatic rings. The summed E-state index contributed by atoms with van der Waals surface area (Å²) >= 11 is 0. The van der Waals surface area contributed by atoms with Crippen molar-refractivity contribution in [1.29, 1.82) is 0 Å². The molecular weight excluding hydrogens is 286 g/mol. The number of amides is 1. The third-order valence-electron chi connectivity index (χ3n) is 2.39. The van der Waals surface area contributed by atoms with Crippen LogP contribution in [-0.2, 0) is 4.74 Å². The number of hydrogen-bond acceptors (Lipinski definition) is 5. The second kappa shape index (κ2) is 10.1. The Labute approximate surface area is 123 Å². The normalized spacial score (nSPS) is 9.65. The molecule has 0 fully saturated rings. The van der Waals surface area contributed by atoms with Gasteiger partial charge in [-0.1, -0.05) is 6.07 Å². The largest absolute Gasteiger partial charge is 0.383 e. The maximum atomic E-state index is 11.7. The second-order valence-electron chi connectivity index (χ2n) is 3.81. The lowest BCUT2D eigenvalue weighted by Gasteiger charge is -2.06. The van der Waals surface area contributed by atoms with Gasteiger partial charge in [0.15, 0.2) is 0 Å². The molecule has 1 aromatic rings. The zero-order chi connectivity index (χ0) is 14.1. The van der Waals surface area contributed by atoms with Gasteiger partial charge in [0, 0.05) is 44.4 Å². The molecule has 0 bridgehead atoms. The zero-order valence-corrected chi connectivity index (χ0v) is 11.9. The molecule has 0 saturated carbocycles. The number of carbonyl (C=O) groups excluding carboxylic acids is 1. The van der Waals surface area contributed by atoms with Gasteiger partial charge in [0.1, 0.15) is 0 Å². The van der Waals surface area contributed by atoms with E-state index in [4.69, 9.17) is 4.74 Å². The van der Waals surface area contributed by atoms with E-state index in [1.165, 1.54) is 18.2 Å². The third-order valence-corrected chi connectivity index (χ3v) is 2.39. The molecule has 2 N–H and O–H groups in total. The zero-order valence-electron chi connectivity index (χ0n) is 11.1. The number of nitrogens with zero attached hydrogens (tertiary/aromatic N) is 1. The minimum absolute atomic E-state index is 0. The van der Waals surface area contributed by atoms with Crippen molar-refractivity contribution < 1.29 is 14.5 Å². The van der Waals surface area contributed by atoms with Gasteiger partial charge in [-0.15, -0.1) is 12.4 Å². The molecule has 0 unspecified atom stereocenters. The van der Waals surface area contributed by atoms with Crippen LogP contribution in [0.5, 0.6) is 0 Å². The number of halogens is 1. The molecule has 20 heavy (non-hydrogen) atoms. The number of hydrogen-bond donors (Lipinski definition) is 2. The predicted molar refractivity (Wildman–Crippen MR) is 77.4 cm³/mol. The Kier molecular flexibility index (Phi) is 9.27. The summed E-state index contributed by atoms with van der Waals surface area (Å²) in [6, 6.07) is 5.64. The van der Waals surface area contributed by atoms with Crippen LogP contribution in [0.2, 0.25) is 0 Å². The molecule has 1 aromatic carbocycles. The topological polar surface area (TPSA) is 93.5 Å². The number of ether oxygens (including phenoxy) is 1. The molecule has 0 aliphatic heterocycles. The average molecular weight is 304 g/mol. The van der Waals surface area contributed by atoms with Crippen LogP contribution in [0.15, 0.2) is 24.3 Å². The third kappa shape index (κ3) is 6.46. The van der Waals surface area contributed by atoms with E-state index in [0.717, 1.165) is 0 Å². The first kappa shape index (κ1) is 18.3. The van der Waals surface area contributed by atoms with E-state index >= 15 is 0 Å². The highest BCUT2D eigenvalue weighted by atomic mass is 35.5. The van der Waals surface area contributed by atoms with Crippen LogP contribution < -0.4 is 10.6 Å². The van der Waals surface area contributed by atoms with Gasteiger partial charge >= 0.3 is 0 Å². The van der Waals surface area contributed by atoms with Gasteiger partial charge in [-0.05, 0) is 6.07 Å². The van der Waals surface area contributed by atoms with Gasteiger partial charge in [0.25, 0.3) is 11.6 Å². The Morgan fingerprint density at radius 2 is 2.10 bits per heavy atom. The van der Waals surface area contributed by atoms with Crippen molar-refractivity contribution in [2.45, 2.75) is 0 Å². The first-order chi connectivity index (χ1) is 9.15. The van der Waals surface area contributed by atoms with Crippen molar-refractivity contribution in [3.8, 4) is 0 Å². The number of non-ortho nitro benzene ring substituents is 1. The summed E-state index contributed by atoms with van der Waals surface area (Å²) in [4.78, 5) is 21.8. The summed E-state index contributed by atoms with van der Waals surface area (Å²) in [5.74, 6) is -0.322. The fourth-order valence-corrected chi connectivity index (χ4v) is 1.43. The molecule has 1 amide bonds. The standard InChI is InChI=1S/C12H17N3O4.ClH/c1-19-8-7-13-5-6-14-12(16)10-3-2-4-11(9-10)15(17)18;/h2-4,9,13H,5-8H2,1H3,(H,14,16);1H. The van der Waals surface area contributed by atoms with Gasteiger partial charge in [0.05, 0.1) is 11.5 Å². The van der Waals surface area contributed by atoms with Gasteiger partial charge in [-0.3, -0.25) is 14.9 Å². The minimum Gasteiger partial charge on any atom is -0.383 e. The van der Waals surface area contributed by atoms with E-state index in [1.54, 1.807) is 13.2 Å². The molecule has 0 spiro atoms. The number of benzene rings is 1. The summed E-state index contributed by atoms with van der Waals surface area (Å²) in [5.41, 5.74) is 0.192. The van der Waals surface area contributed by atoms with Crippen molar-refractivity contribution in [3.63, 3.8) is 0 Å². The molecule has 112 valence electrons. The highest BCUT2D eigenvalue weighted by Gasteiger charge is 2.10. The summed E-state index contributed by atoms with van der Waals surface area (Å²) in [6.45, 7) is 2.39. The van der Waals surface area contributed by atoms with Crippen LogP contribution in [0.3, 0.4) is 0 Å². The molecule has 0 aromatic heterocycles. The number of nitro benzene ring substituents is 1. The summed E-state index contributed by atoms with van der Waals surface area (Å²) in [6.07, 6.45) is 0. The van der Waals surface area contributed by atoms with Crippen LogP contribution in [0.25, 0.3) is 0 Å². The van der Waals surface area contributed by atoms with E-state index in [1.807, 2.05) is 0 Å². The molecule has 0 saturated heterocycles. The summed E-state index contributed by atoms with van der Waals surface area (Å²) in [5, 5.41) is 16.3. The Balaban J connectivity index is 0.00000361. The van der Waals surface area contributed by atoms with Gasteiger partial charge in [-0.25, -0.2) is 0 Å². The van der Waals surface area contributed by atoms with Crippen molar-refractivity contribution in [2.75, 3.05) is 33.4 Å². The quantitative estimate of drug-likeness (QED) is 0.424. The number of carbonyl (C=O) groups is 1. The second-order valence-corrected chi connectivity index (χ2v) is 3.81. The van der Waals surface area contributed by atoms with Crippen LogP contribution in [-0.4, -0.2) is 44.2 Å². The first-order valence-electron chi connectivity index (χ1n) is 5.87. The molecule has 8 heteroatoms. The highest BCUT2D eigenvalue weighted by molar-refractivity contribution is 5.94. The summed E-state index contributed by atoms with van der Waals surface area (Å²) in [7, 11) is 1.62. The Bertz CT molecular complexity index is 442. The van der Waals surface area contributed by atoms with Crippen molar-refractivity contribution in [3.05, 3.63) is 39.9 Å². The lowest BCUT2D eigenvalue weighted by molar-refractivity contribution is -0.384. The predicted octanol–water partition coefficient (Wildman–Crippen LogP) is 0.982. The smallest absolute Gasteiger partial charge is 0.270 e. The first-order valence-corrected chi connectivity index (χ1v) is 5.87. The van der Waals surface area contributed by atoms with Gasteiger partial charge in [-0.2, -0.15) is 0 Å². The minimum atomic E-state index is -0.525. The molecule has 0 heterocycles. The van der Waals surface area contributed by atoms with Gasteiger partial charge < -0.3 is 15.4 Å². The molecule has 7 nitrogen and oxygen atoms in total. The van der Waals surface area contributed by atoms with Crippen LogP contribution in [0, 0.1) is 10.1 Å². The van der Waals surface area contributed by atoms with Crippen molar-refractivity contribution >= 4 is 24.0 Å². The number of rotatable bonds is 8. The maximum Gasteiger partial charge on any atom is 0.270 e.